The third-order valence-corrected chi connectivity index (χ3v) is 5.34. The highest BCUT2D eigenvalue weighted by Gasteiger charge is 2.39. The molecule has 182 valence electrons. The van der Waals surface area contributed by atoms with Gasteiger partial charge in [0.25, 0.3) is 0 Å². The predicted octanol–water partition coefficient (Wildman–Crippen LogP) is 3.66. The molecule has 0 aliphatic carbocycles. The van der Waals surface area contributed by atoms with Crippen LogP contribution in [-0.4, -0.2) is 70.3 Å². The number of halogens is 1. The van der Waals surface area contributed by atoms with E-state index in [0.717, 1.165) is 0 Å². The van der Waals surface area contributed by atoms with Gasteiger partial charge in [0.15, 0.2) is 6.29 Å². The highest BCUT2D eigenvalue weighted by atomic mass is 35.5. The van der Waals surface area contributed by atoms with Crippen molar-refractivity contribution in [1.29, 1.82) is 0 Å². The van der Waals surface area contributed by atoms with Crippen LogP contribution in [0.3, 0.4) is 0 Å². The van der Waals surface area contributed by atoms with Crippen LogP contribution in [0.1, 0.15) is 32.3 Å². The number of likely N-dealkylation sites (N-methyl/N-ethyl adjacent to an activating group) is 1. The third-order valence-electron chi connectivity index (χ3n) is 5.00. The standard InChI is InChI=1S/C24H32ClNO7/c1-6-31-20(32-7-2)15-30-14-19-22(24(28)33-8-3)21(16-11-9-10-12-18(16)25)17(13-26(19)4)23(27)29-5/h9-13,20-21H,6-8,14-15H2,1-5H3. The second kappa shape index (κ2) is 13.3. The molecule has 8 nitrogen and oxygen atoms in total. The Labute approximate surface area is 200 Å². The highest BCUT2D eigenvalue weighted by molar-refractivity contribution is 6.31. The Morgan fingerprint density at radius 3 is 2.30 bits per heavy atom. The molecule has 0 N–H and O–H groups in total. The Bertz CT molecular complexity index is 877. The van der Waals surface area contributed by atoms with Gasteiger partial charge in [0, 0.05) is 31.5 Å². The van der Waals surface area contributed by atoms with E-state index in [4.69, 9.17) is 35.3 Å². The molecule has 0 spiro atoms. The van der Waals surface area contributed by atoms with Crippen molar-refractivity contribution in [3.05, 3.63) is 57.9 Å². The SMILES string of the molecule is CCOC(=O)C1=C(COCC(OCC)OCC)N(C)C=C(C(=O)OC)C1c1ccccc1Cl. The van der Waals surface area contributed by atoms with Crippen molar-refractivity contribution >= 4 is 23.5 Å². The molecule has 0 fully saturated rings. The van der Waals surface area contributed by atoms with Crippen LogP contribution in [0.15, 0.2) is 47.3 Å². The fraction of sp³-hybridized carbons (Fsp3) is 0.500. The van der Waals surface area contributed by atoms with E-state index >= 15 is 0 Å². The minimum atomic E-state index is -0.783. The van der Waals surface area contributed by atoms with E-state index in [1.165, 1.54) is 7.11 Å². The minimum absolute atomic E-state index is 0.0627. The summed E-state index contributed by atoms with van der Waals surface area (Å²) in [6.45, 7) is 6.81. The van der Waals surface area contributed by atoms with Gasteiger partial charge >= 0.3 is 11.9 Å². The van der Waals surface area contributed by atoms with Crippen molar-refractivity contribution in [2.24, 2.45) is 0 Å². The largest absolute Gasteiger partial charge is 0.466 e. The van der Waals surface area contributed by atoms with Gasteiger partial charge in [-0.1, -0.05) is 29.8 Å². The van der Waals surface area contributed by atoms with Crippen molar-refractivity contribution in [1.82, 2.24) is 4.90 Å². The average Bonchev–Trinajstić information content (AvgIpc) is 2.80. The average molecular weight is 482 g/mol. The summed E-state index contributed by atoms with van der Waals surface area (Å²) < 4.78 is 27.3. The predicted molar refractivity (Wildman–Crippen MR) is 124 cm³/mol. The number of esters is 2. The third kappa shape index (κ3) is 6.80. The van der Waals surface area contributed by atoms with E-state index < -0.39 is 24.1 Å². The Balaban J connectivity index is 2.52. The topological polar surface area (TPSA) is 83.5 Å². The molecule has 1 atom stereocenters. The second-order valence-electron chi connectivity index (χ2n) is 7.08. The van der Waals surface area contributed by atoms with Gasteiger partial charge in [-0.2, -0.15) is 0 Å². The Morgan fingerprint density at radius 2 is 1.73 bits per heavy atom. The summed E-state index contributed by atoms with van der Waals surface area (Å²) in [6.07, 6.45) is 1.10. The first-order chi connectivity index (χ1) is 15.9. The molecular formula is C24H32ClNO7. The molecule has 1 aromatic rings. The van der Waals surface area contributed by atoms with E-state index in [9.17, 15) is 9.59 Å². The number of nitrogens with zero attached hydrogens (tertiary/aromatic N) is 1. The van der Waals surface area contributed by atoms with Gasteiger partial charge in [-0.25, -0.2) is 9.59 Å². The van der Waals surface area contributed by atoms with Crippen LogP contribution >= 0.6 is 11.6 Å². The summed E-state index contributed by atoms with van der Waals surface area (Å²) in [5, 5.41) is 0.414. The maximum absolute atomic E-state index is 13.2. The quantitative estimate of drug-likeness (QED) is 0.330. The number of rotatable bonds is 12. The van der Waals surface area contributed by atoms with Gasteiger partial charge in [0.05, 0.1) is 49.7 Å². The summed E-state index contributed by atoms with van der Waals surface area (Å²) >= 11 is 6.49. The van der Waals surface area contributed by atoms with Gasteiger partial charge in [-0.3, -0.25) is 0 Å². The van der Waals surface area contributed by atoms with E-state index in [0.29, 0.717) is 29.5 Å². The summed E-state index contributed by atoms with van der Waals surface area (Å²) in [6, 6.07) is 7.05. The molecule has 9 heteroatoms. The van der Waals surface area contributed by atoms with E-state index in [1.54, 1.807) is 49.3 Å². The number of carbonyl (C=O) groups excluding carboxylic acids is 2. The molecular weight excluding hydrogens is 450 g/mol. The zero-order chi connectivity index (χ0) is 24.4. The van der Waals surface area contributed by atoms with Crippen LogP contribution in [0, 0.1) is 0 Å². The lowest BCUT2D eigenvalue weighted by molar-refractivity contribution is -0.166. The Morgan fingerprint density at radius 1 is 1.06 bits per heavy atom. The summed E-state index contributed by atoms with van der Waals surface area (Å²) in [4.78, 5) is 27.5. The number of carbonyl (C=O) groups is 2. The first-order valence-corrected chi connectivity index (χ1v) is 11.3. The number of ether oxygens (including phenoxy) is 5. The molecule has 0 radical (unpaired) electrons. The van der Waals surface area contributed by atoms with E-state index in [2.05, 4.69) is 0 Å². The van der Waals surface area contributed by atoms with Crippen LogP contribution in [0.5, 0.6) is 0 Å². The zero-order valence-corrected chi connectivity index (χ0v) is 20.5. The first-order valence-electron chi connectivity index (χ1n) is 10.9. The molecule has 0 bridgehead atoms. The molecule has 1 aliphatic heterocycles. The van der Waals surface area contributed by atoms with Crippen molar-refractivity contribution < 1.29 is 33.3 Å². The van der Waals surface area contributed by atoms with E-state index in [-0.39, 0.29) is 31.0 Å². The lowest BCUT2D eigenvalue weighted by Gasteiger charge is -2.33. The van der Waals surface area contributed by atoms with Gasteiger partial charge in [-0.05, 0) is 32.4 Å². The van der Waals surface area contributed by atoms with Crippen LogP contribution in [0.2, 0.25) is 5.02 Å². The number of methoxy groups -OCH3 is 1. The van der Waals surface area contributed by atoms with Crippen LogP contribution in [-0.2, 0) is 33.3 Å². The molecule has 1 unspecified atom stereocenters. The monoisotopic (exact) mass is 481 g/mol. The number of hydrogen-bond donors (Lipinski definition) is 0. The minimum Gasteiger partial charge on any atom is -0.466 e. The summed E-state index contributed by atoms with van der Waals surface area (Å²) in [5.74, 6) is -1.91. The highest BCUT2D eigenvalue weighted by Crippen LogP contribution is 2.42. The van der Waals surface area contributed by atoms with Gasteiger partial charge in [-0.15, -0.1) is 0 Å². The second-order valence-corrected chi connectivity index (χ2v) is 7.48. The summed E-state index contributed by atoms with van der Waals surface area (Å²) in [7, 11) is 3.02. The molecule has 1 aliphatic rings. The van der Waals surface area contributed by atoms with Crippen molar-refractivity contribution in [2.75, 3.05) is 47.2 Å². The molecule has 0 amide bonds. The molecule has 1 aromatic carbocycles. The van der Waals surface area contributed by atoms with Crippen molar-refractivity contribution in [3.8, 4) is 0 Å². The van der Waals surface area contributed by atoms with Gasteiger partial charge in [0.2, 0.25) is 0 Å². The number of benzene rings is 1. The maximum atomic E-state index is 13.2. The van der Waals surface area contributed by atoms with Crippen LogP contribution < -0.4 is 0 Å². The smallest absolute Gasteiger partial charge is 0.336 e. The summed E-state index contributed by atoms with van der Waals surface area (Å²) in [5.41, 5.74) is 1.66. The lowest BCUT2D eigenvalue weighted by Crippen LogP contribution is -2.34. The molecule has 1 heterocycles. The van der Waals surface area contributed by atoms with Gasteiger partial charge < -0.3 is 28.6 Å². The maximum Gasteiger partial charge on any atom is 0.336 e. The normalized spacial score (nSPS) is 16.2. The Hall–Kier alpha value is -2.39. The van der Waals surface area contributed by atoms with Crippen molar-refractivity contribution in [2.45, 2.75) is 33.0 Å². The van der Waals surface area contributed by atoms with Crippen molar-refractivity contribution in [3.63, 3.8) is 0 Å². The fourth-order valence-electron chi connectivity index (χ4n) is 3.59. The fourth-order valence-corrected chi connectivity index (χ4v) is 3.83. The van der Waals surface area contributed by atoms with E-state index in [1.807, 2.05) is 13.8 Å². The lowest BCUT2D eigenvalue weighted by atomic mass is 9.81. The first kappa shape index (κ1) is 26.9. The molecule has 2 rings (SSSR count). The molecule has 0 aromatic heterocycles. The molecule has 0 saturated carbocycles. The zero-order valence-electron chi connectivity index (χ0n) is 19.8. The van der Waals surface area contributed by atoms with Crippen LogP contribution in [0.4, 0.5) is 0 Å². The molecule has 33 heavy (non-hydrogen) atoms. The van der Waals surface area contributed by atoms with Gasteiger partial charge in [0.1, 0.15) is 0 Å². The molecule has 0 saturated heterocycles. The number of hydrogen-bond acceptors (Lipinski definition) is 8. The Kier molecular flexibility index (Phi) is 10.9. The van der Waals surface area contributed by atoms with Crippen LogP contribution in [0.25, 0.3) is 0 Å².